The first kappa shape index (κ1) is 13.4. The summed E-state index contributed by atoms with van der Waals surface area (Å²) in [6, 6.07) is 8.85. The third-order valence-corrected chi connectivity index (χ3v) is 4.71. The first-order chi connectivity index (χ1) is 8.65. The Hall–Kier alpha value is -1.01. The van der Waals surface area contributed by atoms with Crippen LogP contribution in [0.15, 0.2) is 22.7 Å². The lowest BCUT2D eigenvalue weighted by Gasteiger charge is -2.38. The molecule has 0 aromatic heterocycles. The second kappa shape index (κ2) is 5.75. The van der Waals surface area contributed by atoms with Gasteiger partial charge in [-0.3, -0.25) is 0 Å². The summed E-state index contributed by atoms with van der Waals surface area (Å²) < 4.78 is 0.887. The Bertz CT molecular complexity index is 464. The molecule has 0 aliphatic heterocycles. The van der Waals surface area contributed by atoms with Gasteiger partial charge in [0.05, 0.1) is 11.3 Å². The van der Waals surface area contributed by atoms with Crippen LogP contribution in [0.1, 0.15) is 38.2 Å². The molecule has 96 valence electrons. The average Bonchev–Trinajstić information content (AvgIpc) is 2.38. The number of hydrogen-bond acceptors (Lipinski definition) is 2. The minimum absolute atomic E-state index is 0.556. The van der Waals surface area contributed by atoms with Gasteiger partial charge in [0.1, 0.15) is 6.07 Å². The molecule has 1 aromatic carbocycles. The first-order valence-electron chi connectivity index (χ1n) is 6.56. The molecule has 1 saturated carbocycles. The molecule has 0 radical (unpaired) electrons. The molecule has 0 N–H and O–H groups in total. The minimum atomic E-state index is 0.556. The molecule has 1 aliphatic carbocycles. The third-order valence-electron chi connectivity index (χ3n) is 4.05. The van der Waals surface area contributed by atoms with E-state index in [0.717, 1.165) is 15.7 Å². The van der Waals surface area contributed by atoms with Crippen LogP contribution in [0.3, 0.4) is 0 Å². The van der Waals surface area contributed by atoms with Crippen molar-refractivity contribution in [2.45, 2.75) is 38.6 Å². The molecule has 3 heteroatoms. The second-order valence-corrected chi connectivity index (χ2v) is 6.04. The Morgan fingerprint density at radius 2 is 2.06 bits per heavy atom. The second-order valence-electron chi connectivity index (χ2n) is 5.19. The highest BCUT2D eigenvalue weighted by atomic mass is 79.9. The zero-order valence-electron chi connectivity index (χ0n) is 11.0. The molecule has 2 atom stereocenters. The van der Waals surface area contributed by atoms with Crippen LogP contribution in [0.2, 0.25) is 0 Å². The van der Waals surface area contributed by atoms with Crippen molar-refractivity contribution in [1.82, 2.24) is 0 Å². The summed E-state index contributed by atoms with van der Waals surface area (Å²) in [6.45, 7) is 2.32. The molecule has 1 aliphatic rings. The van der Waals surface area contributed by atoms with Crippen LogP contribution in [0.4, 0.5) is 5.69 Å². The Balaban J connectivity index is 2.31. The number of rotatable bonds is 2. The summed E-state index contributed by atoms with van der Waals surface area (Å²) in [4.78, 5) is 2.30. The monoisotopic (exact) mass is 306 g/mol. The lowest BCUT2D eigenvalue weighted by atomic mass is 9.84. The number of nitrogens with zero attached hydrogens (tertiary/aromatic N) is 2. The SMILES string of the molecule is CC1CCCCC1N(C)c1cccc(Br)c1C#N. The summed E-state index contributed by atoms with van der Waals surface area (Å²) in [5.41, 5.74) is 1.79. The highest BCUT2D eigenvalue weighted by Gasteiger charge is 2.26. The zero-order valence-corrected chi connectivity index (χ0v) is 12.6. The van der Waals surface area contributed by atoms with Gasteiger partial charge in [-0.05, 0) is 46.8 Å². The van der Waals surface area contributed by atoms with Crippen LogP contribution in [0.25, 0.3) is 0 Å². The maximum absolute atomic E-state index is 9.31. The molecule has 18 heavy (non-hydrogen) atoms. The largest absolute Gasteiger partial charge is 0.370 e. The highest BCUT2D eigenvalue weighted by Crippen LogP contribution is 2.33. The molecule has 2 unspecified atom stereocenters. The van der Waals surface area contributed by atoms with Crippen molar-refractivity contribution in [3.63, 3.8) is 0 Å². The van der Waals surface area contributed by atoms with Gasteiger partial charge in [0.25, 0.3) is 0 Å². The Kier molecular flexibility index (Phi) is 4.29. The van der Waals surface area contributed by atoms with Crippen molar-refractivity contribution in [2.75, 3.05) is 11.9 Å². The third kappa shape index (κ3) is 2.54. The van der Waals surface area contributed by atoms with E-state index in [1.54, 1.807) is 0 Å². The average molecular weight is 307 g/mol. The number of anilines is 1. The molecule has 2 nitrogen and oxygen atoms in total. The predicted molar refractivity (Wildman–Crippen MR) is 78.7 cm³/mol. The molecule has 2 rings (SSSR count). The van der Waals surface area contributed by atoms with Gasteiger partial charge in [-0.1, -0.05) is 25.8 Å². The standard InChI is InChI=1S/C15H19BrN2/c1-11-6-3-4-8-14(11)18(2)15-9-5-7-13(16)12(15)10-17/h5,7,9,11,14H,3-4,6,8H2,1-2H3. The maximum Gasteiger partial charge on any atom is 0.103 e. The van der Waals surface area contributed by atoms with E-state index in [-0.39, 0.29) is 0 Å². The van der Waals surface area contributed by atoms with Crippen LogP contribution in [-0.4, -0.2) is 13.1 Å². The van der Waals surface area contributed by atoms with Gasteiger partial charge in [-0.25, -0.2) is 0 Å². The van der Waals surface area contributed by atoms with E-state index in [9.17, 15) is 5.26 Å². The van der Waals surface area contributed by atoms with Crippen LogP contribution >= 0.6 is 15.9 Å². The van der Waals surface area contributed by atoms with E-state index in [0.29, 0.717) is 12.0 Å². The van der Waals surface area contributed by atoms with Crippen molar-refractivity contribution >= 4 is 21.6 Å². The molecular formula is C15H19BrN2. The lowest BCUT2D eigenvalue weighted by Crippen LogP contribution is -2.39. The van der Waals surface area contributed by atoms with E-state index < -0.39 is 0 Å². The van der Waals surface area contributed by atoms with Crippen molar-refractivity contribution in [3.8, 4) is 6.07 Å². The Labute approximate surface area is 118 Å². The van der Waals surface area contributed by atoms with Crippen LogP contribution in [0.5, 0.6) is 0 Å². The van der Waals surface area contributed by atoms with Gasteiger partial charge >= 0.3 is 0 Å². The fourth-order valence-electron chi connectivity index (χ4n) is 2.97. The van der Waals surface area contributed by atoms with E-state index in [2.05, 4.69) is 40.9 Å². The van der Waals surface area contributed by atoms with Gasteiger partial charge in [-0.15, -0.1) is 0 Å². The maximum atomic E-state index is 9.31. The van der Waals surface area contributed by atoms with Crippen LogP contribution in [-0.2, 0) is 0 Å². The fraction of sp³-hybridized carbons (Fsp3) is 0.533. The van der Waals surface area contributed by atoms with Gasteiger partial charge in [-0.2, -0.15) is 5.26 Å². The molecule has 1 fully saturated rings. The van der Waals surface area contributed by atoms with Crippen molar-refractivity contribution in [2.24, 2.45) is 5.92 Å². The van der Waals surface area contributed by atoms with Crippen molar-refractivity contribution in [3.05, 3.63) is 28.2 Å². The number of hydrogen-bond donors (Lipinski definition) is 0. The normalized spacial score (nSPS) is 23.4. The molecular weight excluding hydrogens is 288 g/mol. The molecule has 0 heterocycles. The molecule has 0 bridgehead atoms. The summed E-state index contributed by atoms with van der Waals surface area (Å²) in [5, 5.41) is 9.31. The molecule has 0 amide bonds. The molecule has 0 saturated heterocycles. The van der Waals surface area contributed by atoms with Crippen molar-refractivity contribution in [1.29, 1.82) is 5.26 Å². The number of benzene rings is 1. The zero-order chi connectivity index (χ0) is 13.1. The lowest BCUT2D eigenvalue weighted by molar-refractivity contribution is 0.321. The predicted octanol–water partition coefficient (Wildman–Crippen LogP) is 4.34. The summed E-state index contributed by atoms with van der Waals surface area (Å²) in [7, 11) is 2.12. The topological polar surface area (TPSA) is 27.0 Å². The van der Waals surface area contributed by atoms with E-state index in [1.165, 1.54) is 25.7 Å². The summed E-state index contributed by atoms with van der Waals surface area (Å²) >= 11 is 3.47. The highest BCUT2D eigenvalue weighted by molar-refractivity contribution is 9.10. The number of nitriles is 1. The smallest absolute Gasteiger partial charge is 0.103 e. The quantitative estimate of drug-likeness (QED) is 0.813. The molecule has 1 aromatic rings. The minimum Gasteiger partial charge on any atom is -0.370 e. The van der Waals surface area contributed by atoms with E-state index >= 15 is 0 Å². The number of halogens is 1. The van der Waals surface area contributed by atoms with Gasteiger partial charge in [0.2, 0.25) is 0 Å². The Morgan fingerprint density at radius 1 is 1.33 bits per heavy atom. The fourth-order valence-corrected chi connectivity index (χ4v) is 3.41. The molecule has 0 spiro atoms. The van der Waals surface area contributed by atoms with E-state index in [1.807, 2.05) is 18.2 Å². The van der Waals surface area contributed by atoms with Gasteiger partial charge in [0, 0.05) is 17.6 Å². The summed E-state index contributed by atoms with van der Waals surface area (Å²) in [5.74, 6) is 0.703. The van der Waals surface area contributed by atoms with Crippen LogP contribution < -0.4 is 4.90 Å². The first-order valence-corrected chi connectivity index (χ1v) is 7.36. The summed E-state index contributed by atoms with van der Waals surface area (Å²) in [6.07, 6.45) is 5.17. The Morgan fingerprint density at radius 3 is 2.72 bits per heavy atom. The van der Waals surface area contributed by atoms with Gasteiger partial charge < -0.3 is 4.90 Å². The van der Waals surface area contributed by atoms with Crippen molar-refractivity contribution < 1.29 is 0 Å². The van der Waals surface area contributed by atoms with E-state index in [4.69, 9.17) is 0 Å². The van der Waals surface area contributed by atoms with Gasteiger partial charge in [0.15, 0.2) is 0 Å². The van der Waals surface area contributed by atoms with Crippen LogP contribution in [0, 0.1) is 17.2 Å².